The lowest BCUT2D eigenvalue weighted by Crippen LogP contribution is -2.43. The highest BCUT2D eigenvalue weighted by atomic mass is 79.9. The van der Waals surface area contributed by atoms with Gasteiger partial charge in [-0.25, -0.2) is 0 Å². The summed E-state index contributed by atoms with van der Waals surface area (Å²) in [5.41, 5.74) is 1.95. The number of Topliss-reactive ketones (excluding diaryl/α,β-unsaturated/α-hetero) is 1. The van der Waals surface area contributed by atoms with E-state index in [0.29, 0.717) is 10.9 Å². The molecular formula is C17H20BrClO. The van der Waals surface area contributed by atoms with E-state index in [1.165, 1.54) is 0 Å². The van der Waals surface area contributed by atoms with E-state index in [9.17, 15) is 4.79 Å². The molecule has 3 heteroatoms. The van der Waals surface area contributed by atoms with E-state index in [-0.39, 0.29) is 11.7 Å². The van der Waals surface area contributed by atoms with Gasteiger partial charge in [0.25, 0.3) is 0 Å². The molecule has 2 atom stereocenters. The quantitative estimate of drug-likeness (QED) is 0.505. The van der Waals surface area contributed by atoms with E-state index in [1.54, 1.807) is 0 Å². The molecule has 20 heavy (non-hydrogen) atoms. The standard InChI is InChI=1S/C17H20BrClO/c1-11(2)17(18)9-8-12(3)15(16(17)20)10-13-4-6-14(19)7-5-13/h4-7,10-12H,8-9H2,1-3H3/b15-10-. The van der Waals surface area contributed by atoms with Crippen molar-refractivity contribution in [2.75, 3.05) is 0 Å². The minimum atomic E-state index is -0.405. The average Bonchev–Trinajstić information content (AvgIpc) is 2.41. The van der Waals surface area contributed by atoms with Crippen LogP contribution in [0.25, 0.3) is 6.08 Å². The first-order valence-electron chi connectivity index (χ1n) is 7.05. The van der Waals surface area contributed by atoms with E-state index in [4.69, 9.17) is 11.6 Å². The molecule has 1 fully saturated rings. The highest BCUT2D eigenvalue weighted by Gasteiger charge is 2.44. The second kappa shape index (κ2) is 6.03. The first kappa shape index (κ1) is 15.8. The molecule has 0 N–H and O–H groups in total. The zero-order chi connectivity index (χ0) is 14.9. The van der Waals surface area contributed by atoms with Gasteiger partial charge in [-0.05, 0) is 48.4 Å². The minimum absolute atomic E-state index is 0.237. The molecule has 1 aromatic carbocycles. The number of allylic oxidation sites excluding steroid dienone is 1. The first-order chi connectivity index (χ1) is 9.34. The van der Waals surface area contributed by atoms with Crippen LogP contribution in [-0.2, 0) is 4.79 Å². The van der Waals surface area contributed by atoms with Gasteiger partial charge in [0.15, 0.2) is 5.78 Å². The fourth-order valence-corrected chi connectivity index (χ4v) is 3.24. The molecule has 2 rings (SSSR count). The fraction of sp³-hybridized carbons (Fsp3) is 0.471. The Morgan fingerprint density at radius 3 is 2.50 bits per heavy atom. The van der Waals surface area contributed by atoms with Gasteiger partial charge in [-0.15, -0.1) is 0 Å². The summed E-state index contributed by atoms with van der Waals surface area (Å²) in [5.74, 6) is 0.833. The molecule has 0 radical (unpaired) electrons. The van der Waals surface area contributed by atoms with Gasteiger partial charge in [-0.1, -0.05) is 60.4 Å². The predicted octanol–water partition coefficient (Wildman–Crippen LogP) is 5.51. The van der Waals surface area contributed by atoms with E-state index in [1.807, 2.05) is 30.3 Å². The summed E-state index contributed by atoms with van der Waals surface area (Å²) in [6.07, 6.45) is 3.96. The molecule has 0 amide bonds. The Morgan fingerprint density at radius 2 is 1.95 bits per heavy atom. The van der Waals surface area contributed by atoms with Crippen molar-refractivity contribution in [2.45, 2.75) is 37.9 Å². The van der Waals surface area contributed by atoms with Crippen molar-refractivity contribution in [3.05, 3.63) is 40.4 Å². The number of halogens is 2. The van der Waals surface area contributed by atoms with Gasteiger partial charge < -0.3 is 0 Å². The first-order valence-corrected chi connectivity index (χ1v) is 8.22. The molecule has 0 aliphatic heterocycles. The summed E-state index contributed by atoms with van der Waals surface area (Å²) >= 11 is 9.61. The van der Waals surface area contributed by atoms with Crippen LogP contribution in [0, 0.1) is 11.8 Å². The van der Waals surface area contributed by atoms with Crippen LogP contribution in [0.2, 0.25) is 5.02 Å². The number of benzene rings is 1. The van der Waals surface area contributed by atoms with Crippen LogP contribution < -0.4 is 0 Å². The molecule has 0 saturated heterocycles. The summed E-state index contributed by atoms with van der Waals surface area (Å²) in [6, 6.07) is 7.62. The average molecular weight is 356 g/mol. The van der Waals surface area contributed by atoms with E-state index < -0.39 is 4.32 Å². The van der Waals surface area contributed by atoms with Crippen LogP contribution in [0.4, 0.5) is 0 Å². The van der Waals surface area contributed by atoms with Gasteiger partial charge in [0.2, 0.25) is 0 Å². The number of hydrogen-bond acceptors (Lipinski definition) is 1. The Bertz CT molecular complexity index is 532. The molecule has 0 bridgehead atoms. The maximum Gasteiger partial charge on any atom is 0.176 e. The van der Waals surface area contributed by atoms with Crippen molar-refractivity contribution in [2.24, 2.45) is 11.8 Å². The molecule has 0 spiro atoms. The van der Waals surface area contributed by atoms with E-state index in [2.05, 4.69) is 36.7 Å². The minimum Gasteiger partial charge on any atom is -0.293 e. The van der Waals surface area contributed by atoms with Gasteiger partial charge in [0, 0.05) is 10.6 Å². The third-order valence-corrected chi connectivity index (χ3v) is 6.14. The van der Waals surface area contributed by atoms with Crippen LogP contribution in [0.15, 0.2) is 29.8 Å². The van der Waals surface area contributed by atoms with Crippen LogP contribution in [-0.4, -0.2) is 10.1 Å². The number of alkyl halides is 1. The fourth-order valence-electron chi connectivity index (χ4n) is 2.66. The smallest absolute Gasteiger partial charge is 0.176 e. The summed E-state index contributed by atoms with van der Waals surface area (Å²) in [7, 11) is 0. The van der Waals surface area contributed by atoms with Gasteiger partial charge in [0.05, 0.1) is 4.32 Å². The summed E-state index contributed by atoms with van der Waals surface area (Å²) in [6.45, 7) is 6.33. The van der Waals surface area contributed by atoms with Crippen molar-refractivity contribution in [3.63, 3.8) is 0 Å². The third kappa shape index (κ3) is 3.01. The van der Waals surface area contributed by atoms with Gasteiger partial charge in [-0.2, -0.15) is 0 Å². The lowest BCUT2D eigenvalue weighted by atomic mass is 9.73. The lowest BCUT2D eigenvalue weighted by molar-refractivity contribution is -0.120. The zero-order valence-electron chi connectivity index (χ0n) is 12.1. The Balaban J connectivity index is 2.37. The van der Waals surface area contributed by atoms with Crippen molar-refractivity contribution in [1.29, 1.82) is 0 Å². The summed E-state index contributed by atoms with van der Waals surface area (Å²) in [5, 5.41) is 0.715. The Hall–Kier alpha value is -0.600. The lowest BCUT2D eigenvalue weighted by Gasteiger charge is -2.38. The molecule has 0 aromatic heterocycles. The number of carbonyl (C=O) groups excluding carboxylic acids is 1. The molecule has 1 nitrogen and oxygen atoms in total. The molecule has 108 valence electrons. The molecule has 1 aliphatic rings. The van der Waals surface area contributed by atoms with Gasteiger partial charge in [-0.3, -0.25) is 4.79 Å². The molecular weight excluding hydrogens is 336 g/mol. The van der Waals surface area contributed by atoms with Gasteiger partial charge in [0.1, 0.15) is 0 Å². The SMILES string of the molecule is CC1CCC(Br)(C(C)C)C(=O)/C1=C\c1ccc(Cl)cc1. The molecule has 2 unspecified atom stereocenters. The second-order valence-corrected chi connectivity index (χ2v) is 7.79. The van der Waals surface area contributed by atoms with Crippen molar-refractivity contribution >= 4 is 39.4 Å². The van der Waals surface area contributed by atoms with Crippen molar-refractivity contribution in [1.82, 2.24) is 0 Å². The highest BCUT2D eigenvalue weighted by molar-refractivity contribution is 9.10. The topological polar surface area (TPSA) is 17.1 Å². The number of hydrogen-bond donors (Lipinski definition) is 0. The van der Waals surface area contributed by atoms with Gasteiger partial charge >= 0.3 is 0 Å². The molecule has 1 aromatic rings. The summed E-state index contributed by atoms with van der Waals surface area (Å²) in [4.78, 5) is 12.8. The number of carbonyl (C=O) groups is 1. The highest BCUT2D eigenvalue weighted by Crippen LogP contribution is 2.44. The molecule has 0 heterocycles. The monoisotopic (exact) mass is 354 g/mol. The van der Waals surface area contributed by atoms with Crippen molar-refractivity contribution in [3.8, 4) is 0 Å². The van der Waals surface area contributed by atoms with E-state index in [0.717, 1.165) is 24.0 Å². The maximum atomic E-state index is 12.8. The van der Waals surface area contributed by atoms with Crippen molar-refractivity contribution < 1.29 is 4.79 Å². The Labute approximate surface area is 134 Å². The predicted molar refractivity (Wildman–Crippen MR) is 89.3 cm³/mol. The van der Waals surface area contributed by atoms with E-state index >= 15 is 0 Å². The Kier molecular flexibility index (Phi) is 4.76. The largest absolute Gasteiger partial charge is 0.293 e. The molecule has 1 aliphatic carbocycles. The number of ketones is 1. The van der Waals surface area contributed by atoms with Crippen LogP contribution in [0.3, 0.4) is 0 Å². The zero-order valence-corrected chi connectivity index (χ0v) is 14.5. The Morgan fingerprint density at radius 1 is 1.35 bits per heavy atom. The molecule has 1 saturated carbocycles. The maximum absolute atomic E-state index is 12.8. The second-order valence-electron chi connectivity index (χ2n) is 5.94. The number of rotatable bonds is 2. The van der Waals surface area contributed by atoms with Crippen LogP contribution in [0.1, 0.15) is 39.2 Å². The third-order valence-electron chi connectivity index (χ3n) is 4.22. The van der Waals surface area contributed by atoms with Crippen LogP contribution >= 0.6 is 27.5 Å². The normalized spacial score (nSPS) is 29.2. The van der Waals surface area contributed by atoms with Crippen LogP contribution in [0.5, 0.6) is 0 Å². The summed E-state index contributed by atoms with van der Waals surface area (Å²) < 4.78 is -0.405.